The first-order chi connectivity index (χ1) is 10.3. The summed E-state index contributed by atoms with van der Waals surface area (Å²) in [5, 5.41) is 8.36. The fraction of sp³-hybridized carbons (Fsp3) is 0.571. The fourth-order valence-corrected chi connectivity index (χ4v) is 2.47. The Morgan fingerprint density at radius 3 is 3.05 bits per heavy atom. The first kappa shape index (κ1) is 12.8. The number of nitrogens with two attached hydrogens (primary N) is 1. The second-order valence-electron chi connectivity index (χ2n) is 5.72. The molecule has 7 nitrogen and oxygen atoms in total. The van der Waals surface area contributed by atoms with Gasteiger partial charge in [-0.2, -0.15) is 5.10 Å². The summed E-state index contributed by atoms with van der Waals surface area (Å²) in [6, 6.07) is 1.93. The highest BCUT2D eigenvalue weighted by Crippen LogP contribution is 2.39. The summed E-state index contributed by atoms with van der Waals surface area (Å²) in [5.41, 5.74) is 6.95. The molecule has 2 atom stereocenters. The molecular weight excluding hydrogens is 272 g/mol. The lowest BCUT2D eigenvalue weighted by Gasteiger charge is -2.13. The van der Waals surface area contributed by atoms with Crippen molar-refractivity contribution < 1.29 is 14.0 Å². The Morgan fingerprint density at radius 2 is 2.29 bits per heavy atom. The number of ether oxygens (including phenoxy) is 2. The van der Waals surface area contributed by atoms with E-state index in [1.165, 1.54) is 12.8 Å². The van der Waals surface area contributed by atoms with E-state index in [2.05, 4.69) is 10.3 Å². The van der Waals surface area contributed by atoms with Crippen molar-refractivity contribution in [1.29, 1.82) is 0 Å². The molecule has 2 aromatic heterocycles. The van der Waals surface area contributed by atoms with Gasteiger partial charge >= 0.3 is 0 Å². The van der Waals surface area contributed by atoms with Crippen LogP contribution < -0.4 is 10.5 Å². The highest BCUT2D eigenvalue weighted by Gasteiger charge is 2.28. The monoisotopic (exact) mass is 290 g/mol. The first-order valence-electron chi connectivity index (χ1n) is 7.26. The van der Waals surface area contributed by atoms with Gasteiger partial charge in [0.2, 0.25) is 0 Å². The smallest absolute Gasteiger partial charge is 0.158 e. The molecule has 3 heterocycles. The third-order valence-corrected chi connectivity index (χ3v) is 3.86. The maximum atomic E-state index is 5.89. The number of nitrogens with zero attached hydrogens (tertiary/aromatic N) is 3. The number of hydrogen-bond donors (Lipinski definition) is 1. The van der Waals surface area contributed by atoms with Crippen molar-refractivity contribution in [2.45, 2.75) is 37.5 Å². The summed E-state index contributed by atoms with van der Waals surface area (Å²) in [5.74, 6) is 2.11. The zero-order chi connectivity index (χ0) is 14.2. The maximum Gasteiger partial charge on any atom is 0.158 e. The van der Waals surface area contributed by atoms with E-state index in [4.69, 9.17) is 19.7 Å². The molecule has 2 N–H and O–H groups in total. The molecule has 1 saturated heterocycles. The predicted molar refractivity (Wildman–Crippen MR) is 73.0 cm³/mol. The van der Waals surface area contributed by atoms with Gasteiger partial charge in [0.25, 0.3) is 0 Å². The molecule has 4 rings (SSSR count). The van der Waals surface area contributed by atoms with Gasteiger partial charge < -0.3 is 19.7 Å². The highest BCUT2D eigenvalue weighted by molar-refractivity contribution is 5.17. The maximum absolute atomic E-state index is 5.89. The Hall–Kier alpha value is -1.86. The third-order valence-electron chi connectivity index (χ3n) is 3.86. The predicted octanol–water partition coefficient (Wildman–Crippen LogP) is 0.902. The molecule has 0 bridgehead atoms. The van der Waals surface area contributed by atoms with E-state index in [1.54, 1.807) is 10.9 Å². The molecule has 0 radical (unpaired) electrons. The molecule has 2 aromatic rings. The van der Waals surface area contributed by atoms with E-state index in [0.29, 0.717) is 31.4 Å². The van der Waals surface area contributed by atoms with E-state index in [0.717, 1.165) is 11.5 Å². The van der Waals surface area contributed by atoms with Gasteiger partial charge in [-0.15, -0.1) is 0 Å². The van der Waals surface area contributed by atoms with Gasteiger partial charge in [-0.3, -0.25) is 4.68 Å². The standard InChI is InChI=1S/C14H18N4O3/c15-12-7-19-8-14(12)20-11-4-16-18(6-11)5-10-3-13(17-21-10)9-1-2-9/h3-4,6,9,12,14H,1-2,5,7-8,15H2/t12-,14+/m0/s1. The van der Waals surface area contributed by atoms with Crippen LogP contribution in [0.25, 0.3) is 0 Å². The molecule has 1 aliphatic carbocycles. The Balaban J connectivity index is 1.39. The van der Waals surface area contributed by atoms with E-state index in [1.807, 2.05) is 12.3 Å². The summed E-state index contributed by atoms with van der Waals surface area (Å²) in [4.78, 5) is 0. The van der Waals surface area contributed by atoms with Crippen LogP contribution in [0, 0.1) is 0 Å². The highest BCUT2D eigenvalue weighted by atomic mass is 16.5. The minimum absolute atomic E-state index is 0.0799. The molecule has 112 valence electrons. The summed E-state index contributed by atoms with van der Waals surface area (Å²) in [6.07, 6.45) is 5.85. The van der Waals surface area contributed by atoms with Crippen LogP contribution in [0.2, 0.25) is 0 Å². The number of rotatable bonds is 5. The summed E-state index contributed by atoms with van der Waals surface area (Å²) in [7, 11) is 0. The average molecular weight is 290 g/mol. The van der Waals surface area contributed by atoms with Crippen molar-refractivity contribution in [3.8, 4) is 5.75 Å². The second-order valence-corrected chi connectivity index (χ2v) is 5.72. The molecule has 21 heavy (non-hydrogen) atoms. The van der Waals surface area contributed by atoms with Crippen LogP contribution in [-0.4, -0.2) is 40.3 Å². The Bertz CT molecular complexity index is 619. The largest absolute Gasteiger partial charge is 0.483 e. The Morgan fingerprint density at radius 1 is 1.38 bits per heavy atom. The van der Waals surface area contributed by atoms with Crippen molar-refractivity contribution >= 4 is 0 Å². The van der Waals surface area contributed by atoms with Crippen molar-refractivity contribution in [2.75, 3.05) is 13.2 Å². The summed E-state index contributed by atoms with van der Waals surface area (Å²) in [6.45, 7) is 1.62. The summed E-state index contributed by atoms with van der Waals surface area (Å²) >= 11 is 0. The molecule has 1 aliphatic heterocycles. The zero-order valence-corrected chi connectivity index (χ0v) is 11.6. The molecule has 0 spiro atoms. The van der Waals surface area contributed by atoms with Crippen molar-refractivity contribution in [3.05, 3.63) is 29.9 Å². The van der Waals surface area contributed by atoms with Gasteiger partial charge in [-0.25, -0.2) is 0 Å². The van der Waals surface area contributed by atoms with Crippen molar-refractivity contribution in [2.24, 2.45) is 5.73 Å². The topological polar surface area (TPSA) is 88.3 Å². The minimum atomic E-state index is -0.102. The van der Waals surface area contributed by atoms with Gasteiger partial charge in [0, 0.05) is 12.0 Å². The minimum Gasteiger partial charge on any atom is -0.483 e. The van der Waals surface area contributed by atoms with E-state index in [-0.39, 0.29) is 12.1 Å². The van der Waals surface area contributed by atoms with Gasteiger partial charge in [0.05, 0.1) is 37.3 Å². The normalized spacial score (nSPS) is 25.4. The molecule has 0 unspecified atom stereocenters. The molecule has 0 aromatic carbocycles. The summed E-state index contributed by atoms with van der Waals surface area (Å²) < 4.78 is 18.2. The molecule has 2 aliphatic rings. The molecule has 0 amide bonds. The zero-order valence-electron chi connectivity index (χ0n) is 11.6. The van der Waals surface area contributed by atoms with Crippen LogP contribution in [0.3, 0.4) is 0 Å². The SMILES string of the molecule is N[C@H]1COC[C@H]1Oc1cnn(Cc2cc(C3CC3)no2)c1. The molecule has 1 saturated carbocycles. The van der Waals surface area contributed by atoms with Crippen LogP contribution in [-0.2, 0) is 11.3 Å². The lowest BCUT2D eigenvalue weighted by molar-refractivity contribution is 0.140. The van der Waals surface area contributed by atoms with Crippen LogP contribution in [0.5, 0.6) is 5.75 Å². The number of aromatic nitrogens is 3. The quantitative estimate of drug-likeness (QED) is 0.880. The first-order valence-corrected chi connectivity index (χ1v) is 7.26. The van der Waals surface area contributed by atoms with Gasteiger partial charge in [-0.05, 0) is 12.8 Å². The Labute approximate surface area is 122 Å². The molecule has 2 fully saturated rings. The van der Waals surface area contributed by atoms with Gasteiger partial charge in [-0.1, -0.05) is 5.16 Å². The Kier molecular flexibility index (Phi) is 3.16. The van der Waals surface area contributed by atoms with Crippen molar-refractivity contribution in [1.82, 2.24) is 14.9 Å². The molecular formula is C14H18N4O3. The van der Waals surface area contributed by atoms with E-state index >= 15 is 0 Å². The van der Waals surface area contributed by atoms with E-state index in [9.17, 15) is 0 Å². The van der Waals surface area contributed by atoms with Crippen LogP contribution in [0.4, 0.5) is 0 Å². The lowest BCUT2D eigenvalue weighted by atomic mass is 10.2. The van der Waals surface area contributed by atoms with Crippen molar-refractivity contribution in [3.63, 3.8) is 0 Å². The van der Waals surface area contributed by atoms with Crippen LogP contribution in [0.1, 0.15) is 30.2 Å². The van der Waals surface area contributed by atoms with E-state index < -0.39 is 0 Å². The molecule has 7 heteroatoms. The fourth-order valence-electron chi connectivity index (χ4n) is 2.47. The second kappa shape index (κ2) is 5.16. The van der Waals surface area contributed by atoms with Crippen LogP contribution >= 0.6 is 0 Å². The average Bonchev–Trinajstić information content (AvgIpc) is 2.86. The van der Waals surface area contributed by atoms with Crippen LogP contribution in [0.15, 0.2) is 23.0 Å². The number of hydrogen-bond acceptors (Lipinski definition) is 6. The van der Waals surface area contributed by atoms with Gasteiger partial charge in [0.1, 0.15) is 12.6 Å². The third kappa shape index (κ3) is 2.79. The lowest BCUT2D eigenvalue weighted by Crippen LogP contribution is -2.37. The van der Waals surface area contributed by atoms with Gasteiger partial charge in [0.15, 0.2) is 11.5 Å².